The van der Waals surface area contributed by atoms with Crippen LogP contribution in [-0.4, -0.2) is 29.0 Å². The maximum Gasteiger partial charge on any atom is 0.228 e. The molecule has 1 aromatic carbocycles. The Balaban J connectivity index is 1.42. The molecule has 0 atom stereocenters. The van der Waals surface area contributed by atoms with Crippen LogP contribution in [0.4, 0.5) is 11.5 Å². The molecule has 4 rings (SSSR count). The van der Waals surface area contributed by atoms with Crippen LogP contribution in [0.3, 0.4) is 0 Å². The second-order valence-corrected chi connectivity index (χ2v) is 6.34. The lowest BCUT2D eigenvalue weighted by molar-refractivity contribution is -0.120. The summed E-state index contributed by atoms with van der Waals surface area (Å²) in [6.45, 7) is 1.74. The predicted octanol–water partition coefficient (Wildman–Crippen LogP) is 3.48. The number of nitrogens with zero attached hydrogens (tertiary/aromatic N) is 3. The van der Waals surface area contributed by atoms with Gasteiger partial charge in [-0.15, -0.1) is 0 Å². The zero-order valence-electron chi connectivity index (χ0n) is 13.9. The van der Waals surface area contributed by atoms with Gasteiger partial charge in [-0.3, -0.25) is 9.78 Å². The first-order valence-electron chi connectivity index (χ1n) is 8.61. The van der Waals surface area contributed by atoms with Gasteiger partial charge in [-0.2, -0.15) is 0 Å². The van der Waals surface area contributed by atoms with Gasteiger partial charge in [0.25, 0.3) is 0 Å². The number of hydrogen-bond donors (Lipinski definition) is 1. The SMILES string of the molecule is O=C(Nc1nccc2ccccc12)C1CCN(c2cccnc2)CC1. The predicted molar refractivity (Wildman–Crippen MR) is 99.5 cm³/mol. The molecule has 126 valence electrons. The summed E-state index contributed by atoms with van der Waals surface area (Å²) in [7, 11) is 0. The summed E-state index contributed by atoms with van der Waals surface area (Å²) in [5.74, 6) is 0.737. The standard InChI is InChI=1S/C20H20N4O/c25-20(23-19-18-6-2-1-4-15(18)7-11-22-19)16-8-12-24(13-9-16)17-5-3-10-21-14-17/h1-7,10-11,14,16H,8-9,12-13H2,(H,22,23,25). The third-order valence-corrected chi connectivity index (χ3v) is 4.79. The van der Waals surface area contributed by atoms with E-state index in [2.05, 4.69) is 26.3 Å². The van der Waals surface area contributed by atoms with E-state index < -0.39 is 0 Å². The molecule has 5 nitrogen and oxygen atoms in total. The molecule has 3 heterocycles. The van der Waals surface area contributed by atoms with Crippen LogP contribution in [0.2, 0.25) is 0 Å². The van der Waals surface area contributed by atoms with Crippen LogP contribution < -0.4 is 10.2 Å². The molecule has 0 bridgehead atoms. The minimum Gasteiger partial charge on any atom is -0.370 e. The minimum atomic E-state index is 0.0219. The summed E-state index contributed by atoms with van der Waals surface area (Å²) in [5, 5.41) is 5.09. The van der Waals surface area contributed by atoms with E-state index in [1.807, 2.05) is 42.6 Å². The van der Waals surface area contributed by atoms with Gasteiger partial charge in [-0.1, -0.05) is 24.3 Å². The number of rotatable bonds is 3. The van der Waals surface area contributed by atoms with Gasteiger partial charge in [0.05, 0.1) is 11.9 Å². The van der Waals surface area contributed by atoms with Crippen LogP contribution in [0.25, 0.3) is 10.8 Å². The number of carbonyl (C=O) groups is 1. The highest BCUT2D eigenvalue weighted by Gasteiger charge is 2.25. The van der Waals surface area contributed by atoms with Gasteiger partial charge >= 0.3 is 0 Å². The number of pyridine rings is 2. The molecule has 25 heavy (non-hydrogen) atoms. The monoisotopic (exact) mass is 332 g/mol. The van der Waals surface area contributed by atoms with E-state index in [1.54, 1.807) is 12.4 Å². The average Bonchev–Trinajstić information content (AvgIpc) is 2.69. The number of fused-ring (bicyclic) bond motifs is 1. The second kappa shape index (κ2) is 6.89. The Labute approximate surface area is 146 Å². The minimum absolute atomic E-state index is 0.0219. The highest BCUT2D eigenvalue weighted by atomic mass is 16.1. The summed E-state index contributed by atoms with van der Waals surface area (Å²) < 4.78 is 0. The average molecular weight is 332 g/mol. The molecule has 0 radical (unpaired) electrons. The number of piperidine rings is 1. The molecule has 1 aliphatic heterocycles. The Morgan fingerprint density at radius 2 is 1.88 bits per heavy atom. The fourth-order valence-corrected chi connectivity index (χ4v) is 3.38. The highest BCUT2D eigenvalue weighted by Crippen LogP contribution is 2.25. The van der Waals surface area contributed by atoms with Crippen molar-refractivity contribution >= 4 is 28.2 Å². The summed E-state index contributed by atoms with van der Waals surface area (Å²) in [6, 6.07) is 13.9. The fraction of sp³-hybridized carbons (Fsp3) is 0.250. The number of aromatic nitrogens is 2. The Morgan fingerprint density at radius 3 is 2.68 bits per heavy atom. The van der Waals surface area contributed by atoms with Crippen LogP contribution in [-0.2, 0) is 4.79 Å². The molecule has 2 aromatic heterocycles. The molecular weight excluding hydrogens is 312 g/mol. The van der Waals surface area contributed by atoms with Crippen molar-refractivity contribution < 1.29 is 4.79 Å². The smallest absolute Gasteiger partial charge is 0.228 e. The van der Waals surface area contributed by atoms with E-state index in [9.17, 15) is 4.79 Å². The lowest BCUT2D eigenvalue weighted by Gasteiger charge is -2.32. The molecule has 1 amide bonds. The van der Waals surface area contributed by atoms with E-state index in [-0.39, 0.29) is 11.8 Å². The normalized spacial score (nSPS) is 15.3. The number of nitrogens with one attached hydrogen (secondary N) is 1. The number of benzene rings is 1. The zero-order valence-corrected chi connectivity index (χ0v) is 13.9. The Bertz CT molecular complexity index is 868. The third kappa shape index (κ3) is 3.31. The van der Waals surface area contributed by atoms with Gasteiger partial charge in [-0.05, 0) is 36.4 Å². The lowest BCUT2D eigenvalue weighted by atomic mass is 9.95. The van der Waals surface area contributed by atoms with Crippen molar-refractivity contribution in [3.05, 3.63) is 61.1 Å². The largest absolute Gasteiger partial charge is 0.370 e. The van der Waals surface area contributed by atoms with Crippen molar-refractivity contribution in [3.63, 3.8) is 0 Å². The summed E-state index contributed by atoms with van der Waals surface area (Å²) in [5.41, 5.74) is 1.12. The number of anilines is 2. The Kier molecular flexibility index (Phi) is 4.29. The highest BCUT2D eigenvalue weighted by molar-refractivity contribution is 6.01. The topological polar surface area (TPSA) is 58.1 Å². The van der Waals surface area contributed by atoms with Crippen LogP contribution in [0.5, 0.6) is 0 Å². The van der Waals surface area contributed by atoms with Crippen molar-refractivity contribution in [3.8, 4) is 0 Å². The van der Waals surface area contributed by atoms with E-state index in [1.165, 1.54) is 0 Å². The van der Waals surface area contributed by atoms with Gasteiger partial charge < -0.3 is 10.2 Å². The first kappa shape index (κ1) is 15.6. The first-order valence-corrected chi connectivity index (χ1v) is 8.61. The maximum atomic E-state index is 12.7. The van der Waals surface area contributed by atoms with Gasteiger partial charge in [0.1, 0.15) is 5.82 Å². The molecule has 0 unspecified atom stereocenters. The molecule has 0 spiro atoms. The van der Waals surface area contributed by atoms with Crippen LogP contribution in [0.1, 0.15) is 12.8 Å². The summed E-state index contributed by atoms with van der Waals surface area (Å²) in [6.07, 6.45) is 7.07. The number of hydrogen-bond acceptors (Lipinski definition) is 4. The zero-order chi connectivity index (χ0) is 17.1. The maximum absolute atomic E-state index is 12.7. The van der Waals surface area contributed by atoms with Gasteiger partial charge in [0.2, 0.25) is 5.91 Å². The van der Waals surface area contributed by atoms with Crippen molar-refractivity contribution in [1.29, 1.82) is 0 Å². The molecule has 0 saturated carbocycles. The van der Waals surface area contributed by atoms with Crippen LogP contribution >= 0.6 is 0 Å². The molecule has 3 aromatic rings. The van der Waals surface area contributed by atoms with Crippen molar-refractivity contribution in [2.75, 3.05) is 23.3 Å². The summed E-state index contributed by atoms with van der Waals surface area (Å²) in [4.78, 5) is 23.5. The van der Waals surface area contributed by atoms with Gasteiger partial charge in [-0.25, -0.2) is 4.98 Å². The van der Waals surface area contributed by atoms with Crippen molar-refractivity contribution in [2.45, 2.75) is 12.8 Å². The molecule has 1 aliphatic rings. The molecule has 1 N–H and O–H groups in total. The summed E-state index contributed by atoms with van der Waals surface area (Å²) >= 11 is 0. The van der Waals surface area contributed by atoms with Crippen LogP contribution in [0.15, 0.2) is 61.1 Å². The molecule has 1 saturated heterocycles. The quantitative estimate of drug-likeness (QED) is 0.798. The van der Waals surface area contributed by atoms with Crippen molar-refractivity contribution in [2.24, 2.45) is 5.92 Å². The lowest BCUT2D eigenvalue weighted by Crippen LogP contribution is -2.38. The first-order chi connectivity index (χ1) is 12.3. The van der Waals surface area contributed by atoms with Crippen LogP contribution in [0, 0.1) is 5.92 Å². The third-order valence-electron chi connectivity index (χ3n) is 4.79. The molecule has 5 heteroatoms. The number of carbonyl (C=O) groups excluding carboxylic acids is 1. The Morgan fingerprint density at radius 1 is 1.04 bits per heavy atom. The molecule has 0 aliphatic carbocycles. The fourth-order valence-electron chi connectivity index (χ4n) is 3.38. The van der Waals surface area contributed by atoms with Crippen molar-refractivity contribution in [1.82, 2.24) is 9.97 Å². The van der Waals surface area contributed by atoms with Gasteiger partial charge in [0.15, 0.2) is 0 Å². The Hall–Kier alpha value is -2.95. The molecule has 1 fully saturated rings. The van der Waals surface area contributed by atoms with E-state index >= 15 is 0 Å². The second-order valence-electron chi connectivity index (χ2n) is 6.34. The number of amides is 1. The van der Waals surface area contributed by atoms with E-state index in [0.29, 0.717) is 5.82 Å². The van der Waals surface area contributed by atoms with E-state index in [0.717, 1.165) is 42.4 Å². The van der Waals surface area contributed by atoms with Gasteiger partial charge in [0, 0.05) is 36.8 Å². The molecular formula is C20H20N4O. The van der Waals surface area contributed by atoms with E-state index in [4.69, 9.17) is 0 Å².